The number of nitrogens with zero attached hydrogens (tertiary/aromatic N) is 7. The Labute approximate surface area is 164 Å². The van der Waals surface area contributed by atoms with Gasteiger partial charge in [-0.15, -0.1) is 5.10 Å². The third kappa shape index (κ3) is 3.96. The molecule has 0 saturated carbocycles. The van der Waals surface area contributed by atoms with Crippen LogP contribution >= 0.6 is 0 Å². The van der Waals surface area contributed by atoms with Crippen LogP contribution in [-0.4, -0.2) is 62.2 Å². The van der Waals surface area contributed by atoms with Crippen molar-refractivity contribution in [3.63, 3.8) is 0 Å². The van der Waals surface area contributed by atoms with Gasteiger partial charge in [0.2, 0.25) is 0 Å². The molecule has 0 unspecified atom stereocenters. The Balaban J connectivity index is 1.38. The molecule has 4 heterocycles. The van der Waals surface area contributed by atoms with Crippen LogP contribution in [0, 0.1) is 13.8 Å². The first-order valence-electron chi connectivity index (χ1n) is 9.59. The van der Waals surface area contributed by atoms with Crippen LogP contribution in [0.1, 0.15) is 11.4 Å². The van der Waals surface area contributed by atoms with E-state index >= 15 is 0 Å². The minimum atomic E-state index is -0.0827. The molecule has 8 heteroatoms. The second-order valence-corrected chi connectivity index (χ2v) is 7.13. The first kappa shape index (κ1) is 18.4. The van der Waals surface area contributed by atoms with E-state index in [4.69, 9.17) is 0 Å². The summed E-state index contributed by atoms with van der Waals surface area (Å²) in [6.45, 7) is 9.18. The first-order valence-corrected chi connectivity index (χ1v) is 9.59. The SMILES string of the molecule is Cc1cc(C)n(-c2ccc(=O)n(CCN3CCN(c4ccncc4)CC3)n2)n1. The maximum atomic E-state index is 12.2. The molecule has 1 aliphatic heterocycles. The number of hydrogen-bond acceptors (Lipinski definition) is 6. The van der Waals surface area contributed by atoms with Crippen LogP contribution in [0.3, 0.4) is 0 Å². The summed E-state index contributed by atoms with van der Waals surface area (Å²) < 4.78 is 3.32. The average Bonchev–Trinajstić information content (AvgIpc) is 3.06. The molecule has 0 amide bonds. The Bertz CT molecular complexity index is 987. The van der Waals surface area contributed by atoms with Crippen molar-refractivity contribution in [2.75, 3.05) is 37.6 Å². The predicted molar refractivity (Wildman–Crippen MR) is 108 cm³/mol. The van der Waals surface area contributed by atoms with Crippen LogP contribution in [0.2, 0.25) is 0 Å². The zero-order chi connectivity index (χ0) is 19.5. The molecule has 4 rings (SSSR count). The summed E-state index contributed by atoms with van der Waals surface area (Å²) >= 11 is 0. The molecular weight excluding hydrogens is 354 g/mol. The standard InChI is InChI=1S/C20H25N7O/c1-16-15-17(2)27(22-16)19-3-4-20(28)26(23-19)14-11-24-9-12-25(13-10-24)18-5-7-21-8-6-18/h3-8,15H,9-14H2,1-2H3. The highest BCUT2D eigenvalue weighted by Crippen LogP contribution is 2.14. The summed E-state index contributed by atoms with van der Waals surface area (Å²) in [5.74, 6) is 0.674. The number of pyridine rings is 1. The molecule has 3 aromatic heterocycles. The van der Waals surface area contributed by atoms with Gasteiger partial charge in [-0.1, -0.05) is 0 Å². The molecular formula is C20H25N7O. The van der Waals surface area contributed by atoms with E-state index in [0.717, 1.165) is 44.1 Å². The van der Waals surface area contributed by atoms with E-state index in [1.165, 1.54) is 5.69 Å². The molecule has 28 heavy (non-hydrogen) atoms. The summed E-state index contributed by atoms with van der Waals surface area (Å²) in [5, 5.41) is 8.98. The van der Waals surface area contributed by atoms with Crippen LogP contribution in [0.15, 0.2) is 47.5 Å². The highest BCUT2D eigenvalue weighted by Gasteiger charge is 2.17. The minimum Gasteiger partial charge on any atom is -0.369 e. The second-order valence-electron chi connectivity index (χ2n) is 7.13. The summed E-state index contributed by atoms with van der Waals surface area (Å²) in [4.78, 5) is 21.1. The largest absolute Gasteiger partial charge is 0.369 e. The van der Waals surface area contributed by atoms with Gasteiger partial charge in [-0.25, -0.2) is 9.36 Å². The van der Waals surface area contributed by atoms with Crippen LogP contribution in [0.4, 0.5) is 5.69 Å². The molecule has 0 spiro atoms. The molecule has 0 atom stereocenters. The fraction of sp³-hybridized carbons (Fsp3) is 0.400. The Morgan fingerprint density at radius 3 is 2.36 bits per heavy atom. The lowest BCUT2D eigenvalue weighted by Gasteiger charge is -2.36. The second kappa shape index (κ2) is 7.93. The smallest absolute Gasteiger partial charge is 0.266 e. The van der Waals surface area contributed by atoms with Crippen molar-refractivity contribution in [1.29, 1.82) is 0 Å². The number of anilines is 1. The fourth-order valence-electron chi connectivity index (χ4n) is 3.59. The van der Waals surface area contributed by atoms with Gasteiger partial charge in [-0.3, -0.25) is 14.7 Å². The Kier molecular flexibility index (Phi) is 5.21. The van der Waals surface area contributed by atoms with Gasteiger partial charge in [-0.05, 0) is 38.1 Å². The zero-order valence-electron chi connectivity index (χ0n) is 16.3. The van der Waals surface area contributed by atoms with Crippen molar-refractivity contribution in [1.82, 2.24) is 29.4 Å². The topological polar surface area (TPSA) is 72.1 Å². The van der Waals surface area contributed by atoms with E-state index in [-0.39, 0.29) is 5.56 Å². The van der Waals surface area contributed by atoms with Gasteiger partial charge in [0.1, 0.15) is 0 Å². The van der Waals surface area contributed by atoms with E-state index in [0.29, 0.717) is 12.4 Å². The van der Waals surface area contributed by atoms with Crippen molar-refractivity contribution in [3.8, 4) is 5.82 Å². The Morgan fingerprint density at radius 1 is 0.929 bits per heavy atom. The van der Waals surface area contributed by atoms with E-state index in [2.05, 4.69) is 25.0 Å². The lowest BCUT2D eigenvalue weighted by Crippen LogP contribution is -2.47. The van der Waals surface area contributed by atoms with Crippen molar-refractivity contribution < 1.29 is 0 Å². The molecule has 0 aromatic carbocycles. The van der Waals surface area contributed by atoms with Crippen LogP contribution in [0.5, 0.6) is 0 Å². The van der Waals surface area contributed by atoms with Crippen molar-refractivity contribution in [3.05, 3.63) is 64.5 Å². The maximum Gasteiger partial charge on any atom is 0.266 e. The van der Waals surface area contributed by atoms with Crippen LogP contribution < -0.4 is 10.5 Å². The number of rotatable bonds is 5. The van der Waals surface area contributed by atoms with E-state index in [1.54, 1.807) is 21.5 Å². The Hall–Kier alpha value is -3.00. The van der Waals surface area contributed by atoms with Crippen LogP contribution in [-0.2, 0) is 6.54 Å². The predicted octanol–water partition coefficient (Wildman–Crippen LogP) is 1.26. The van der Waals surface area contributed by atoms with Gasteiger partial charge in [-0.2, -0.15) is 5.10 Å². The molecule has 0 radical (unpaired) electrons. The van der Waals surface area contributed by atoms with E-state index in [9.17, 15) is 4.79 Å². The average molecular weight is 379 g/mol. The minimum absolute atomic E-state index is 0.0827. The van der Waals surface area contributed by atoms with Gasteiger partial charge < -0.3 is 4.90 Å². The third-order valence-electron chi connectivity index (χ3n) is 5.11. The number of aryl methyl sites for hydroxylation is 2. The van der Waals surface area contributed by atoms with Crippen LogP contribution in [0.25, 0.3) is 5.82 Å². The zero-order valence-corrected chi connectivity index (χ0v) is 16.3. The summed E-state index contributed by atoms with van der Waals surface area (Å²) in [7, 11) is 0. The third-order valence-corrected chi connectivity index (χ3v) is 5.11. The Morgan fingerprint density at radius 2 is 1.68 bits per heavy atom. The molecule has 146 valence electrons. The molecule has 1 fully saturated rings. The van der Waals surface area contributed by atoms with Crippen molar-refractivity contribution in [2.24, 2.45) is 0 Å². The van der Waals surface area contributed by atoms with Gasteiger partial charge in [0.15, 0.2) is 5.82 Å². The van der Waals surface area contributed by atoms with Crippen molar-refractivity contribution in [2.45, 2.75) is 20.4 Å². The molecule has 3 aromatic rings. The highest BCUT2D eigenvalue weighted by atomic mass is 16.1. The molecule has 0 N–H and O–H groups in total. The number of hydrogen-bond donors (Lipinski definition) is 0. The normalized spacial score (nSPS) is 15.1. The molecule has 0 aliphatic carbocycles. The first-order chi connectivity index (χ1) is 13.6. The quantitative estimate of drug-likeness (QED) is 0.665. The fourth-order valence-corrected chi connectivity index (χ4v) is 3.59. The van der Waals surface area contributed by atoms with Gasteiger partial charge >= 0.3 is 0 Å². The lowest BCUT2D eigenvalue weighted by atomic mass is 10.2. The number of aromatic nitrogens is 5. The summed E-state index contributed by atoms with van der Waals surface area (Å²) in [5.41, 5.74) is 3.07. The summed E-state index contributed by atoms with van der Waals surface area (Å²) in [6.07, 6.45) is 3.66. The maximum absolute atomic E-state index is 12.2. The molecule has 8 nitrogen and oxygen atoms in total. The molecule has 0 bridgehead atoms. The number of piperazine rings is 1. The monoisotopic (exact) mass is 379 g/mol. The van der Waals surface area contributed by atoms with Gasteiger partial charge in [0.05, 0.1) is 12.2 Å². The van der Waals surface area contributed by atoms with E-state index < -0.39 is 0 Å². The van der Waals surface area contributed by atoms with Gasteiger partial charge in [0, 0.05) is 62.6 Å². The summed E-state index contributed by atoms with van der Waals surface area (Å²) in [6, 6.07) is 9.39. The van der Waals surface area contributed by atoms with Crippen molar-refractivity contribution >= 4 is 5.69 Å². The molecule has 1 aliphatic rings. The highest BCUT2D eigenvalue weighted by molar-refractivity contribution is 5.44. The van der Waals surface area contributed by atoms with E-state index in [1.807, 2.05) is 44.4 Å². The van der Waals surface area contributed by atoms with Gasteiger partial charge in [0.25, 0.3) is 5.56 Å². The lowest BCUT2D eigenvalue weighted by molar-refractivity contribution is 0.242. The molecule has 1 saturated heterocycles.